The standard InChI is InChI=1S/C14H29NO3/c1-15-13-14(7-5-3-4-6-8-14)18-12-11-17-10-9-16-2/h15H,3-13H2,1-2H3. The minimum atomic E-state index is 0.0376. The van der Waals surface area contributed by atoms with E-state index < -0.39 is 0 Å². The van der Waals surface area contributed by atoms with Gasteiger partial charge in [0, 0.05) is 13.7 Å². The molecule has 0 unspecified atom stereocenters. The summed E-state index contributed by atoms with van der Waals surface area (Å²) in [6.07, 6.45) is 7.61. The third kappa shape index (κ3) is 6.14. The molecule has 0 aromatic rings. The molecule has 1 fully saturated rings. The molecule has 0 aromatic heterocycles. The summed E-state index contributed by atoms with van der Waals surface area (Å²) in [5.41, 5.74) is 0.0376. The molecule has 1 aliphatic carbocycles. The number of methoxy groups -OCH3 is 1. The van der Waals surface area contributed by atoms with Gasteiger partial charge in [-0.15, -0.1) is 0 Å². The van der Waals surface area contributed by atoms with Crippen LogP contribution in [0, 0.1) is 0 Å². The van der Waals surface area contributed by atoms with E-state index in [9.17, 15) is 0 Å². The van der Waals surface area contributed by atoms with Crippen LogP contribution in [-0.4, -0.2) is 52.7 Å². The van der Waals surface area contributed by atoms with Gasteiger partial charge in [0.05, 0.1) is 32.0 Å². The van der Waals surface area contributed by atoms with Crippen LogP contribution < -0.4 is 5.32 Å². The van der Waals surface area contributed by atoms with Gasteiger partial charge in [-0.3, -0.25) is 0 Å². The molecule has 0 saturated heterocycles. The van der Waals surface area contributed by atoms with E-state index in [1.807, 2.05) is 7.05 Å². The second-order valence-electron chi connectivity index (χ2n) is 5.08. The molecule has 4 nitrogen and oxygen atoms in total. The third-order valence-corrected chi connectivity index (χ3v) is 3.58. The Balaban J connectivity index is 2.23. The van der Waals surface area contributed by atoms with Gasteiger partial charge in [0.1, 0.15) is 0 Å². The van der Waals surface area contributed by atoms with Crippen LogP contribution in [0.3, 0.4) is 0 Å². The zero-order valence-corrected chi connectivity index (χ0v) is 12.0. The zero-order chi connectivity index (χ0) is 13.1. The van der Waals surface area contributed by atoms with Crippen molar-refractivity contribution < 1.29 is 14.2 Å². The van der Waals surface area contributed by atoms with Crippen molar-refractivity contribution in [2.75, 3.05) is 47.1 Å². The Kier molecular flexibility index (Phi) is 8.59. The monoisotopic (exact) mass is 259 g/mol. The Morgan fingerprint density at radius 1 is 0.944 bits per heavy atom. The number of likely N-dealkylation sites (N-methyl/N-ethyl adjacent to an activating group) is 1. The van der Waals surface area contributed by atoms with Crippen molar-refractivity contribution in [3.05, 3.63) is 0 Å². The summed E-state index contributed by atoms with van der Waals surface area (Å²) >= 11 is 0. The first-order valence-electron chi connectivity index (χ1n) is 7.18. The highest BCUT2D eigenvalue weighted by Gasteiger charge is 2.30. The summed E-state index contributed by atoms with van der Waals surface area (Å²) in [6, 6.07) is 0. The molecule has 0 aromatic carbocycles. The maximum absolute atomic E-state index is 6.14. The van der Waals surface area contributed by atoms with E-state index >= 15 is 0 Å². The quantitative estimate of drug-likeness (QED) is 0.508. The minimum Gasteiger partial charge on any atom is -0.382 e. The van der Waals surface area contributed by atoms with Crippen molar-refractivity contribution in [2.24, 2.45) is 0 Å². The highest BCUT2D eigenvalue weighted by molar-refractivity contribution is 4.85. The topological polar surface area (TPSA) is 39.7 Å². The lowest BCUT2D eigenvalue weighted by atomic mass is 9.94. The first-order valence-corrected chi connectivity index (χ1v) is 7.18. The molecule has 1 N–H and O–H groups in total. The molecule has 0 aliphatic heterocycles. The van der Waals surface area contributed by atoms with E-state index in [2.05, 4.69) is 5.32 Å². The van der Waals surface area contributed by atoms with Crippen molar-refractivity contribution in [1.29, 1.82) is 0 Å². The average molecular weight is 259 g/mol. The van der Waals surface area contributed by atoms with Gasteiger partial charge in [0.2, 0.25) is 0 Å². The molecule has 0 atom stereocenters. The molecule has 108 valence electrons. The van der Waals surface area contributed by atoms with E-state index in [1.54, 1.807) is 7.11 Å². The summed E-state index contributed by atoms with van der Waals surface area (Å²) < 4.78 is 16.5. The van der Waals surface area contributed by atoms with Crippen molar-refractivity contribution in [2.45, 2.75) is 44.1 Å². The molecule has 0 amide bonds. The van der Waals surface area contributed by atoms with E-state index in [-0.39, 0.29) is 5.60 Å². The molecule has 1 aliphatic rings. The zero-order valence-electron chi connectivity index (χ0n) is 12.0. The molecule has 0 bridgehead atoms. The van der Waals surface area contributed by atoms with Gasteiger partial charge in [0.15, 0.2) is 0 Å². The van der Waals surface area contributed by atoms with E-state index in [4.69, 9.17) is 14.2 Å². The molecule has 18 heavy (non-hydrogen) atoms. The molecule has 4 heteroatoms. The smallest absolute Gasteiger partial charge is 0.0807 e. The lowest BCUT2D eigenvalue weighted by Gasteiger charge is -2.33. The molecule has 0 heterocycles. The van der Waals surface area contributed by atoms with Gasteiger partial charge in [-0.2, -0.15) is 0 Å². The van der Waals surface area contributed by atoms with Crippen molar-refractivity contribution in [3.63, 3.8) is 0 Å². The minimum absolute atomic E-state index is 0.0376. The summed E-state index contributed by atoms with van der Waals surface area (Å²) in [5, 5.41) is 3.28. The lowest BCUT2D eigenvalue weighted by molar-refractivity contribution is -0.0769. The predicted octanol–water partition coefficient (Wildman–Crippen LogP) is 1.98. The van der Waals surface area contributed by atoms with Crippen LogP contribution in [-0.2, 0) is 14.2 Å². The fourth-order valence-corrected chi connectivity index (χ4v) is 2.63. The highest BCUT2D eigenvalue weighted by Crippen LogP contribution is 2.29. The number of hydrogen-bond donors (Lipinski definition) is 1. The molecular weight excluding hydrogens is 230 g/mol. The maximum Gasteiger partial charge on any atom is 0.0807 e. The number of rotatable bonds is 9. The van der Waals surface area contributed by atoms with E-state index in [0.29, 0.717) is 26.4 Å². The highest BCUT2D eigenvalue weighted by atomic mass is 16.5. The van der Waals surface area contributed by atoms with Crippen molar-refractivity contribution in [1.82, 2.24) is 5.32 Å². The van der Waals surface area contributed by atoms with Crippen LogP contribution in [0.4, 0.5) is 0 Å². The third-order valence-electron chi connectivity index (χ3n) is 3.58. The Morgan fingerprint density at radius 2 is 1.61 bits per heavy atom. The summed E-state index contributed by atoms with van der Waals surface area (Å²) in [6.45, 7) is 3.60. The molecule has 0 spiro atoms. The van der Waals surface area contributed by atoms with Gasteiger partial charge in [-0.1, -0.05) is 25.7 Å². The maximum atomic E-state index is 6.14. The van der Waals surface area contributed by atoms with E-state index in [1.165, 1.54) is 38.5 Å². The first-order chi connectivity index (χ1) is 8.83. The Morgan fingerprint density at radius 3 is 2.22 bits per heavy atom. The van der Waals surface area contributed by atoms with E-state index in [0.717, 1.165) is 6.54 Å². The second-order valence-corrected chi connectivity index (χ2v) is 5.08. The Hall–Kier alpha value is -0.160. The van der Waals surface area contributed by atoms with Gasteiger partial charge < -0.3 is 19.5 Å². The van der Waals surface area contributed by atoms with Crippen LogP contribution >= 0.6 is 0 Å². The summed E-state index contributed by atoms with van der Waals surface area (Å²) in [7, 11) is 3.69. The second kappa shape index (κ2) is 9.73. The molecule has 1 saturated carbocycles. The Bertz CT molecular complexity index is 191. The first kappa shape index (κ1) is 15.9. The fraction of sp³-hybridized carbons (Fsp3) is 1.00. The van der Waals surface area contributed by atoms with Crippen LogP contribution in [0.5, 0.6) is 0 Å². The predicted molar refractivity (Wildman–Crippen MR) is 73.0 cm³/mol. The average Bonchev–Trinajstić information content (AvgIpc) is 2.60. The van der Waals surface area contributed by atoms with Crippen molar-refractivity contribution >= 4 is 0 Å². The van der Waals surface area contributed by atoms with Crippen LogP contribution in [0.2, 0.25) is 0 Å². The van der Waals surface area contributed by atoms with Gasteiger partial charge in [-0.25, -0.2) is 0 Å². The molecule has 1 rings (SSSR count). The number of nitrogens with one attached hydrogen (secondary N) is 1. The van der Waals surface area contributed by atoms with Gasteiger partial charge in [-0.05, 0) is 19.9 Å². The van der Waals surface area contributed by atoms with Crippen LogP contribution in [0.1, 0.15) is 38.5 Å². The summed E-state index contributed by atoms with van der Waals surface area (Å²) in [4.78, 5) is 0. The molecule has 0 radical (unpaired) electrons. The van der Waals surface area contributed by atoms with Gasteiger partial charge >= 0.3 is 0 Å². The summed E-state index contributed by atoms with van der Waals surface area (Å²) in [5.74, 6) is 0. The van der Waals surface area contributed by atoms with Crippen LogP contribution in [0.25, 0.3) is 0 Å². The fourth-order valence-electron chi connectivity index (χ4n) is 2.63. The number of hydrogen-bond acceptors (Lipinski definition) is 4. The molecular formula is C14H29NO3. The Labute approximate surface area is 111 Å². The van der Waals surface area contributed by atoms with Crippen LogP contribution in [0.15, 0.2) is 0 Å². The lowest BCUT2D eigenvalue weighted by Crippen LogP contribution is -2.42. The normalized spacial score (nSPS) is 19.7. The SMILES string of the molecule is CNCC1(OCCOCCOC)CCCCCC1. The van der Waals surface area contributed by atoms with Crippen molar-refractivity contribution in [3.8, 4) is 0 Å². The van der Waals surface area contributed by atoms with Gasteiger partial charge in [0.25, 0.3) is 0 Å². The largest absolute Gasteiger partial charge is 0.382 e. The number of ether oxygens (including phenoxy) is 3.